The van der Waals surface area contributed by atoms with Crippen molar-refractivity contribution in [2.24, 2.45) is 0 Å². The Kier molecular flexibility index (Phi) is 7.15. The van der Waals surface area contributed by atoms with Crippen LogP contribution in [0, 0.1) is 0 Å². The summed E-state index contributed by atoms with van der Waals surface area (Å²) in [6, 6.07) is 0. The lowest BCUT2D eigenvalue weighted by Gasteiger charge is -2.03. The Balaban J connectivity index is 2.89. The minimum absolute atomic E-state index is 0.455. The highest BCUT2D eigenvalue weighted by Crippen LogP contribution is 2.05. The molecule has 0 atom stereocenters. The van der Waals surface area contributed by atoms with Crippen LogP contribution < -0.4 is 0 Å². The summed E-state index contributed by atoms with van der Waals surface area (Å²) in [6.07, 6.45) is 6.60. The molecule has 0 saturated carbocycles. The van der Waals surface area contributed by atoms with Gasteiger partial charge < -0.3 is 4.65 Å². The molecule has 0 unspecified atom stereocenters. The molecule has 0 bridgehead atoms. The van der Waals surface area contributed by atoms with E-state index < -0.39 is 0 Å². The van der Waals surface area contributed by atoms with Crippen molar-refractivity contribution in [3.8, 4) is 0 Å². The van der Waals surface area contributed by atoms with E-state index in [2.05, 4.69) is 13.7 Å². The standard InChI is InChI=1S/C8H19BO/c1-4-5-6-7-8-9(2)10-3/h4-8H2,1-3H3. The van der Waals surface area contributed by atoms with Crippen molar-refractivity contribution in [1.29, 1.82) is 0 Å². The predicted octanol–water partition coefficient (Wildman–Crippen LogP) is 2.83. The average Bonchev–Trinajstić information content (AvgIpc) is 1.98. The molecule has 0 spiro atoms. The van der Waals surface area contributed by atoms with E-state index in [4.69, 9.17) is 4.65 Å². The topological polar surface area (TPSA) is 9.23 Å². The lowest BCUT2D eigenvalue weighted by molar-refractivity contribution is 0.421. The van der Waals surface area contributed by atoms with Crippen LogP contribution in [0.2, 0.25) is 13.1 Å². The third kappa shape index (κ3) is 6.15. The van der Waals surface area contributed by atoms with Crippen LogP contribution in [0.15, 0.2) is 0 Å². The minimum Gasteiger partial charge on any atom is -0.439 e. The van der Waals surface area contributed by atoms with Crippen molar-refractivity contribution in [2.45, 2.75) is 45.8 Å². The van der Waals surface area contributed by atoms with Crippen molar-refractivity contribution in [1.82, 2.24) is 0 Å². The van der Waals surface area contributed by atoms with Gasteiger partial charge in [-0.1, -0.05) is 39.4 Å². The fourth-order valence-electron chi connectivity index (χ4n) is 0.976. The number of unbranched alkanes of at least 4 members (excludes halogenated alkanes) is 3. The Hall–Kier alpha value is 0.0249. The molecule has 0 aliphatic carbocycles. The second-order valence-corrected chi connectivity index (χ2v) is 2.90. The van der Waals surface area contributed by atoms with Crippen LogP contribution in [0.1, 0.15) is 32.6 Å². The highest BCUT2D eigenvalue weighted by atomic mass is 16.4. The van der Waals surface area contributed by atoms with Crippen LogP contribution in [0.3, 0.4) is 0 Å². The Morgan fingerprint density at radius 3 is 2.40 bits per heavy atom. The summed E-state index contributed by atoms with van der Waals surface area (Å²) in [5.41, 5.74) is 0. The van der Waals surface area contributed by atoms with Crippen LogP contribution in [0.5, 0.6) is 0 Å². The quantitative estimate of drug-likeness (QED) is 0.409. The molecular formula is C8H19BO. The highest BCUT2D eigenvalue weighted by molar-refractivity contribution is 6.50. The van der Waals surface area contributed by atoms with Gasteiger partial charge in [0.15, 0.2) is 0 Å². The van der Waals surface area contributed by atoms with E-state index in [-0.39, 0.29) is 0 Å². The first kappa shape index (κ1) is 10.0. The van der Waals surface area contributed by atoms with Crippen molar-refractivity contribution < 1.29 is 4.65 Å². The van der Waals surface area contributed by atoms with E-state index >= 15 is 0 Å². The van der Waals surface area contributed by atoms with Gasteiger partial charge >= 0.3 is 0 Å². The first-order chi connectivity index (χ1) is 4.81. The zero-order chi connectivity index (χ0) is 7.82. The van der Waals surface area contributed by atoms with Crippen LogP contribution in [-0.2, 0) is 4.65 Å². The van der Waals surface area contributed by atoms with Gasteiger partial charge in [0.1, 0.15) is 0 Å². The van der Waals surface area contributed by atoms with E-state index in [1.165, 1.54) is 32.0 Å². The molecule has 0 rings (SSSR count). The summed E-state index contributed by atoms with van der Waals surface area (Å²) in [6.45, 7) is 4.82. The van der Waals surface area contributed by atoms with Gasteiger partial charge in [-0.05, 0) is 6.32 Å². The Morgan fingerprint density at radius 1 is 1.20 bits per heavy atom. The van der Waals surface area contributed by atoms with Crippen molar-refractivity contribution in [2.75, 3.05) is 7.11 Å². The fourth-order valence-corrected chi connectivity index (χ4v) is 0.976. The van der Waals surface area contributed by atoms with Crippen LogP contribution in [0.25, 0.3) is 0 Å². The minimum atomic E-state index is 0.455. The Morgan fingerprint density at radius 2 is 1.90 bits per heavy atom. The van der Waals surface area contributed by atoms with Crippen LogP contribution in [0.4, 0.5) is 0 Å². The zero-order valence-electron chi connectivity index (χ0n) is 7.52. The number of rotatable bonds is 6. The lowest BCUT2D eigenvalue weighted by Crippen LogP contribution is -2.08. The molecular weight excluding hydrogens is 123 g/mol. The molecule has 0 amide bonds. The van der Waals surface area contributed by atoms with Gasteiger partial charge in [0.25, 0.3) is 6.92 Å². The van der Waals surface area contributed by atoms with Crippen molar-refractivity contribution in [3.63, 3.8) is 0 Å². The molecule has 0 radical (unpaired) electrons. The molecule has 0 saturated heterocycles. The fraction of sp³-hybridized carbons (Fsp3) is 1.00. The summed E-state index contributed by atoms with van der Waals surface area (Å²) < 4.78 is 5.13. The number of hydrogen-bond acceptors (Lipinski definition) is 1. The molecule has 0 aromatic heterocycles. The smallest absolute Gasteiger partial charge is 0.289 e. The highest BCUT2D eigenvalue weighted by Gasteiger charge is 2.03. The molecule has 0 aliphatic heterocycles. The van der Waals surface area contributed by atoms with Gasteiger partial charge in [-0.15, -0.1) is 0 Å². The van der Waals surface area contributed by atoms with E-state index in [0.717, 1.165) is 0 Å². The van der Waals surface area contributed by atoms with Crippen LogP contribution >= 0.6 is 0 Å². The average molecular weight is 142 g/mol. The van der Waals surface area contributed by atoms with Crippen LogP contribution in [-0.4, -0.2) is 14.0 Å². The largest absolute Gasteiger partial charge is 0.439 e. The first-order valence-electron chi connectivity index (χ1n) is 4.34. The molecule has 1 nitrogen and oxygen atoms in total. The maximum atomic E-state index is 5.13. The van der Waals surface area contributed by atoms with Gasteiger partial charge in [-0.25, -0.2) is 0 Å². The SMILES string of the molecule is CCCCCCB(C)OC. The molecule has 60 valence electrons. The molecule has 0 aromatic carbocycles. The molecule has 10 heavy (non-hydrogen) atoms. The summed E-state index contributed by atoms with van der Waals surface area (Å²) in [5.74, 6) is 0. The van der Waals surface area contributed by atoms with Gasteiger partial charge in [-0.2, -0.15) is 0 Å². The Bertz CT molecular complexity index is 66.3. The second kappa shape index (κ2) is 7.14. The number of hydrogen-bond donors (Lipinski definition) is 0. The van der Waals surface area contributed by atoms with E-state index in [1.807, 2.05) is 0 Å². The van der Waals surface area contributed by atoms with Crippen molar-refractivity contribution >= 4 is 6.92 Å². The maximum Gasteiger partial charge on any atom is 0.289 e. The van der Waals surface area contributed by atoms with Crippen molar-refractivity contribution in [3.05, 3.63) is 0 Å². The van der Waals surface area contributed by atoms with Gasteiger partial charge in [0, 0.05) is 7.11 Å². The van der Waals surface area contributed by atoms with E-state index in [9.17, 15) is 0 Å². The summed E-state index contributed by atoms with van der Waals surface area (Å²) in [4.78, 5) is 0. The van der Waals surface area contributed by atoms with Gasteiger partial charge in [0.05, 0.1) is 0 Å². The summed E-state index contributed by atoms with van der Waals surface area (Å²) in [7, 11) is 1.78. The zero-order valence-corrected chi connectivity index (χ0v) is 7.52. The third-order valence-corrected chi connectivity index (χ3v) is 1.87. The normalized spacial score (nSPS) is 9.90. The molecule has 0 aliphatic rings. The molecule has 2 heteroatoms. The predicted molar refractivity (Wildman–Crippen MR) is 47.6 cm³/mol. The summed E-state index contributed by atoms with van der Waals surface area (Å²) in [5, 5.41) is 0. The third-order valence-electron chi connectivity index (χ3n) is 1.87. The molecule has 0 fully saturated rings. The monoisotopic (exact) mass is 142 g/mol. The van der Waals surface area contributed by atoms with E-state index in [1.54, 1.807) is 7.11 Å². The molecule has 0 N–H and O–H groups in total. The maximum absolute atomic E-state index is 5.13. The molecule has 0 heterocycles. The van der Waals surface area contributed by atoms with Gasteiger partial charge in [0.2, 0.25) is 0 Å². The molecule has 0 aromatic rings. The Labute approximate surface area is 65.3 Å². The first-order valence-corrected chi connectivity index (χ1v) is 4.34. The lowest BCUT2D eigenvalue weighted by atomic mass is 9.66. The van der Waals surface area contributed by atoms with E-state index in [0.29, 0.717) is 6.92 Å². The summed E-state index contributed by atoms with van der Waals surface area (Å²) >= 11 is 0. The second-order valence-electron chi connectivity index (χ2n) is 2.90. The van der Waals surface area contributed by atoms with Gasteiger partial charge in [-0.3, -0.25) is 0 Å².